The molecule has 2 saturated carbocycles. The van der Waals surface area contributed by atoms with Crippen LogP contribution in [-0.2, 0) is 14.8 Å². The average molecular weight is 450 g/mol. The number of rotatable bonds is 7. The van der Waals surface area contributed by atoms with Gasteiger partial charge in [-0.3, -0.25) is 4.79 Å². The highest BCUT2D eigenvalue weighted by atomic mass is 32.2. The fourth-order valence-corrected chi connectivity index (χ4v) is 5.49. The van der Waals surface area contributed by atoms with Gasteiger partial charge in [-0.25, -0.2) is 13.1 Å². The van der Waals surface area contributed by atoms with Crippen LogP contribution in [-0.4, -0.2) is 31.7 Å². The molecule has 3 N–H and O–H groups in total. The number of nitrogens with one attached hydrogen (secondary N) is 3. The Morgan fingerprint density at radius 3 is 2.26 bits per heavy atom. The SMILES string of the molecule is CC(C)(C)S(=O)(=O)NC1CCC(CNc2cccc(NC(=O)C3CCCCC3)c2)CC1. The fourth-order valence-electron chi connectivity index (χ4n) is 4.46. The Labute approximate surface area is 188 Å². The van der Waals surface area contributed by atoms with E-state index in [0.717, 1.165) is 69.3 Å². The number of amides is 1. The number of carbonyl (C=O) groups is 1. The van der Waals surface area contributed by atoms with E-state index < -0.39 is 14.8 Å². The zero-order valence-corrected chi connectivity index (χ0v) is 20.1. The summed E-state index contributed by atoms with van der Waals surface area (Å²) < 4.78 is 26.9. The average Bonchev–Trinajstić information content (AvgIpc) is 2.73. The Morgan fingerprint density at radius 2 is 1.61 bits per heavy atom. The van der Waals surface area contributed by atoms with Crippen molar-refractivity contribution in [2.75, 3.05) is 17.2 Å². The van der Waals surface area contributed by atoms with Crippen LogP contribution in [0.5, 0.6) is 0 Å². The maximum absolute atomic E-state index is 12.5. The Kier molecular flexibility index (Phi) is 8.03. The molecule has 174 valence electrons. The Balaban J connectivity index is 1.44. The quantitative estimate of drug-likeness (QED) is 0.553. The Hall–Kier alpha value is -1.60. The second-order valence-electron chi connectivity index (χ2n) is 10.2. The van der Waals surface area contributed by atoms with Crippen molar-refractivity contribution in [3.63, 3.8) is 0 Å². The van der Waals surface area contributed by atoms with Crippen LogP contribution in [0.25, 0.3) is 0 Å². The van der Waals surface area contributed by atoms with Gasteiger partial charge in [-0.05, 0) is 83.4 Å². The lowest BCUT2D eigenvalue weighted by Crippen LogP contribution is -2.46. The van der Waals surface area contributed by atoms with Gasteiger partial charge in [0.15, 0.2) is 0 Å². The van der Waals surface area contributed by atoms with Crippen LogP contribution >= 0.6 is 0 Å². The van der Waals surface area contributed by atoms with E-state index in [4.69, 9.17) is 0 Å². The van der Waals surface area contributed by atoms with Gasteiger partial charge in [-0.1, -0.05) is 25.3 Å². The molecule has 1 amide bonds. The van der Waals surface area contributed by atoms with Gasteiger partial charge in [0.05, 0.1) is 4.75 Å². The third-order valence-corrected chi connectivity index (χ3v) is 8.93. The molecule has 0 spiro atoms. The second-order valence-corrected chi connectivity index (χ2v) is 12.7. The summed E-state index contributed by atoms with van der Waals surface area (Å²) in [7, 11) is -3.29. The molecule has 2 aliphatic carbocycles. The molecular formula is C24H39N3O3S. The maximum atomic E-state index is 12.5. The molecule has 1 aromatic rings. The van der Waals surface area contributed by atoms with Gasteiger partial charge < -0.3 is 10.6 Å². The van der Waals surface area contributed by atoms with Crippen molar-refractivity contribution in [2.24, 2.45) is 11.8 Å². The van der Waals surface area contributed by atoms with E-state index in [1.807, 2.05) is 24.3 Å². The molecule has 0 bridgehead atoms. The molecule has 2 fully saturated rings. The van der Waals surface area contributed by atoms with E-state index in [1.165, 1.54) is 6.42 Å². The van der Waals surface area contributed by atoms with Crippen molar-refractivity contribution < 1.29 is 13.2 Å². The monoisotopic (exact) mass is 449 g/mol. The molecule has 3 rings (SSSR count). The van der Waals surface area contributed by atoms with Crippen molar-refractivity contribution >= 4 is 27.3 Å². The standard InChI is InChI=1S/C24H39N3O3S/c1-24(2,3)31(29,30)27-20-14-12-18(13-15-20)17-25-21-10-7-11-22(16-21)26-23(28)19-8-5-4-6-9-19/h7,10-11,16,18-20,25,27H,4-6,8-9,12-15,17H2,1-3H3,(H,26,28). The first-order valence-corrected chi connectivity index (χ1v) is 13.3. The third-order valence-electron chi connectivity index (χ3n) is 6.68. The van der Waals surface area contributed by atoms with Gasteiger partial charge in [0.1, 0.15) is 0 Å². The van der Waals surface area contributed by atoms with Gasteiger partial charge in [-0.2, -0.15) is 0 Å². The highest BCUT2D eigenvalue weighted by molar-refractivity contribution is 7.90. The van der Waals surface area contributed by atoms with Crippen molar-refractivity contribution in [3.05, 3.63) is 24.3 Å². The third kappa shape index (κ3) is 6.94. The fraction of sp³-hybridized carbons (Fsp3) is 0.708. The lowest BCUT2D eigenvalue weighted by atomic mass is 9.86. The van der Waals surface area contributed by atoms with Crippen molar-refractivity contribution in [1.29, 1.82) is 0 Å². The molecule has 6 nitrogen and oxygen atoms in total. The molecule has 0 aliphatic heterocycles. The van der Waals surface area contributed by atoms with E-state index in [1.54, 1.807) is 20.8 Å². The van der Waals surface area contributed by atoms with Crippen LogP contribution in [0, 0.1) is 11.8 Å². The first kappa shape index (κ1) is 24.1. The van der Waals surface area contributed by atoms with E-state index in [9.17, 15) is 13.2 Å². The molecule has 2 aliphatic rings. The lowest BCUT2D eigenvalue weighted by Gasteiger charge is -2.31. The van der Waals surface area contributed by atoms with Crippen molar-refractivity contribution in [3.8, 4) is 0 Å². The maximum Gasteiger partial charge on any atom is 0.227 e. The van der Waals surface area contributed by atoms with Crippen LogP contribution in [0.1, 0.15) is 78.6 Å². The molecule has 7 heteroatoms. The zero-order chi connectivity index (χ0) is 22.5. The number of benzene rings is 1. The highest BCUT2D eigenvalue weighted by Crippen LogP contribution is 2.28. The van der Waals surface area contributed by atoms with Gasteiger partial charge in [0, 0.05) is 29.9 Å². The Bertz CT molecular complexity index is 834. The molecule has 0 aromatic heterocycles. The normalized spacial score (nSPS) is 23.3. The van der Waals surface area contributed by atoms with E-state index in [0.29, 0.717) is 5.92 Å². The summed E-state index contributed by atoms with van der Waals surface area (Å²) >= 11 is 0. The molecule has 31 heavy (non-hydrogen) atoms. The summed E-state index contributed by atoms with van der Waals surface area (Å²) in [5, 5.41) is 6.59. The molecule has 0 atom stereocenters. The number of hydrogen-bond donors (Lipinski definition) is 3. The minimum absolute atomic E-state index is 0.0406. The van der Waals surface area contributed by atoms with Crippen molar-refractivity contribution in [1.82, 2.24) is 4.72 Å². The smallest absolute Gasteiger partial charge is 0.227 e. The predicted octanol–water partition coefficient (Wildman–Crippen LogP) is 4.89. The molecule has 0 saturated heterocycles. The Morgan fingerprint density at radius 1 is 0.968 bits per heavy atom. The van der Waals surface area contributed by atoms with E-state index >= 15 is 0 Å². The summed E-state index contributed by atoms with van der Waals surface area (Å²) in [5.41, 5.74) is 1.86. The minimum atomic E-state index is -3.29. The minimum Gasteiger partial charge on any atom is -0.385 e. The molecule has 1 aromatic carbocycles. The van der Waals surface area contributed by atoms with Gasteiger partial charge in [0.25, 0.3) is 0 Å². The van der Waals surface area contributed by atoms with E-state index in [-0.39, 0.29) is 17.9 Å². The first-order valence-electron chi connectivity index (χ1n) is 11.8. The summed E-state index contributed by atoms with van der Waals surface area (Å²) in [6.07, 6.45) is 9.30. The molecule has 0 radical (unpaired) electrons. The summed E-state index contributed by atoms with van der Waals surface area (Å²) in [5.74, 6) is 0.819. The molecular weight excluding hydrogens is 410 g/mol. The van der Waals surface area contributed by atoms with E-state index in [2.05, 4.69) is 15.4 Å². The van der Waals surface area contributed by atoms with Gasteiger partial charge in [0.2, 0.25) is 15.9 Å². The number of anilines is 2. The van der Waals surface area contributed by atoms with Gasteiger partial charge in [-0.15, -0.1) is 0 Å². The highest BCUT2D eigenvalue weighted by Gasteiger charge is 2.32. The number of hydrogen-bond acceptors (Lipinski definition) is 4. The number of carbonyl (C=O) groups excluding carboxylic acids is 1. The largest absolute Gasteiger partial charge is 0.385 e. The van der Waals surface area contributed by atoms with Crippen LogP contribution < -0.4 is 15.4 Å². The predicted molar refractivity (Wildman–Crippen MR) is 128 cm³/mol. The van der Waals surface area contributed by atoms with Crippen LogP contribution in [0.15, 0.2) is 24.3 Å². The van der Waals surface area contributed by atoms with Gasteiger partial charge >= 0.3 is 0 Å². The van der Waals surface area contributed by atoms with Crippen LogP contribution in [0.2, 0.25) is 0 Å². The summed E-state index contributed by atoms with van der Waals surface area (Å²) in [6, 6.07) is 7.98. The first-order chi connectivity index (χ1) is 14.6. The number of sulfonamides is 1. The molecule has 0 heterocycles. The summed E-state index contributed by atoms with van der Waals surface area (Å²) in [6.45, 7) is 6.06. The second kappa shape index (κ2) is 10.3. The summed E-state index contributed by atoms with van der Waals surface area (Å²) in [4.78, 5) is 12.5. The van der Waals surface area contributed by atoms with Crippen LogP contribution in [0.4, 0.5) is 11.4 Å². The lowest BCUT2D eigenvalue weighted by molar-refractivity contribution is -0.120. The topological polar surface area (TPSA) is 87.3 Å². The van der Waals surface area contributed by atoms with Crippen molar-refractivity contribution in [2.45, 2.75) is 89.3 Å². The van der Waals surface area contributed by atoms with Crippen LogP contribution in [0.3, 0.4) is 0 Å². The zero-order valence-electron chi connectivity index (χ0n) is 19.2. The molecule has 0 unspecified atom stereocenters.